The van der Waals surface area contributed by atoms with E-state index < -0.39 is 0 Å². The number of carbonyl (C=O) groups is 1. The Labute approximate surface area is 104 Å². The molecule has 0 radical (unpaired) electrons. The van der Waals surface area contributed by atoms with Gasteiger partial charge in [0.1, 0.15) is 5.82 Å². The zero-order valence-corrected chi connectivity index (χ0v) is 11.2. The molecule has 0 saturated carbocycles. The zero-order chi connectivity index (χ0) is 12.1. The van der Waals surface area contributed by atoms with Gasteiger partial charge in [0.05, 0.1) is 17.5 Å². The molecule has 0 bridgehead atoms. The van der Waals surface area contributed by atoms with Crippen LogP contribution < -0.4 is 4.90 Å². The first-order valence-corrected chi connectivity index (χ1v) is 5.75. The first kappa shape index (κ1) is 13.0. The molecule has 1 rings (SSSR count). The maximum absolute atomic E-state index is 11.3. The number of methoxy groups -OCH3 is 1. The largest absolute Gasteiger partial charge is 0.469 e. The average Bonchev–Trinajstić information content (AvgIpc) is 2.28. The van der Waals surface area contributed by atoms with Crippen molar-refractivity contribution in [3.05, 3.63) is 22.8 Å². The van der Waals surface area contributed by atoms with E-state index in [1.807, 2.05) is 31.0 Å². The van der Waals surface area contributed by atoms with Crippen molar-refractivity contribution in [1.29, 1.82) is 0 Å². The van der Waals surface area contributed by atoms with E-state index in [0.29, 0.717) is 6.54 Å². The minimum Gasteiger partial charge on any atom is -0.469 e. The lowest BCUT2D eigenvalue weighted by Crippen LogP contribution is -2.30. The van der Waals surface area contributed by atoms with Gasteiger partial charge in [-0.25, -0.2) is 4.98 Å². The van der Waals surface area contributed by atoms with Gasteiger partial charge in [-0.3, -0.25) is 4.79 Å². The van der Waals surface area contributed by atoms with Crippen LogP contribution in [0, 0.1) is 5.92 Å². The minimum absolute atomic E-state index is 0.177. The summed E-state index contributed by atoms with van der Waals surface area (Å²) in [5, 5.41) is 0. The monoisotopic (exact) mass is 286 g/mol. The van der Waals surface area contributed by atoms with E-state index in [1.54, 1.807) is 6.20 Å². The topological polar surface area (TPSA) is 42.4 Å². The average molecular weight is 287 g/mol. The third-order valence-corrected chi connectivity index (χ3v) is 2.87. The van der Waals surface area contributed by atoms with E-state index in [1.165, 1.54) is 7.11 Å². The number of anilines is 1. The summed E-state index contributed by atoms with van der Waals surface area (Å²) in [6.45, 7) is 2.40. The Hall–Kier alpha value is -1.10. The van der Waals surface area contributed by atoms with E-state index in [0.717, 1.165) is 10.3 Å². The molecule has 0 amide bonds. The van der Waals surface area contributed by atoms with Gasteiger partial charge in [-0.15, -0.1) is 0 Å². The molecule has 1 unspecified atom stereocenters. The fraction of sp³-hybridized carbons (Fsp3) is 0.455. The molecule has 0 saturated heterocycles. The lowest BCUT2D eigenvalue weighted by Gasteiger charge is -2.21. The zero-order valence-electron chi connectivity index (χ0n) is 9.61. The predicted octanol–water partition coefficient (Wildman–Crippen LogP) is 2.09. The van der Waals surface area contributed by atoms with Crippen LogP contribution in [0.15, 0.2) is 22.8 Å². The summed E-state index contributed by atoms with van der Waals surface area (Å²) in [4.78, 5) is 17.4. The number of hydrogen-bond donors (Lipinski definition) is 0. The van der Waals surface area contributed by atoms with Crippen LogP contribution in [0.2, 0.25) is 0 Å². The number of carbonyl (C=O) groups excluding carboxylic acids is 1. The fourth-order valence-corrected chi connectivity index (χ4v) is 1.99. The highest BCUT2D eigenvalue weighted by atomic mass is 79.9. The molecular formula is C11H15BrN2O2. The summed E-state index contributed by atoms with van der Waals surface area (Å²) in [6.07, 6.45) is 1.72. The van der Waals surface area contributed by atoms with Crippen molar-refractivity contribution in [3.63, 3.8) is 0 Å². The van der Waals surface area contributed by atoms with Crippen molar-refractivity contribution in [2.24, 2.45) is 5.92 Å². The second-order valence-electron chi connectivity index (χ2n) is 3.61. The molecule has 0 fully saturated rings. The SMILES string of the molecule is COC(=O)C(C)CN(C)c1ncccc1Br. The van der Waals surface area contributed by atoms with Crippen LogP contribution in [-0.2, 0) is 9.53 Å². The van der Waals surface area contributed by atoms with Gasteiger partial charge in [-0.1, -0.05) is 6.92 Å². The first-order chi connectivity index (χ1) is 7.56. The molecular weight excluding hydrogens is 272 g/mol. The number of aromatic nitrogens is 1. The summed E-state index contributed by atoms with van der Waals surface area (Å²) in [6, 6.07) is 3.77. The van der Waals surface area contributed by atoms with Crippen LogP contribution in [0.5, 0.6) is 0 Å². The molecule has 5 heteroatoms. The molecule has 4 nitrogen and oxygen atoms in total. The number of rotatable bonds is 4. The Morgan fingerprint density at radius 2 is 2.38 bits per heavy atom. The van der Waals surface area contributed by atoms with Crippen LogP contribution in [0.1, 0.15) is 6.92 Å². The van der Waals surface area contributed by atoms with Crippen molar-refractivity contribution in [3.8, 4) is 0 Å². The molecule has 1 aromatic rings. The molecule has 1 heterocycles. The van der Waals surface area contributed by atoms with Crippen LogP contribution in [-0.4, -0.2) is 31.7 Å². The van der Waals surface area contributed by atoms with Crippen molar-refractivity contribution in [2.45, 2.75) is 6.92 Å². The Kier molecular flexibility index (Phi) is 4.73. The lowest BCUT2D eigenvalue weighted by molar-refractivity contribution is -0.144. The second-order valence-corrected chi connectivity index (χ2v) is 4.47. The van der Waals surface area contributed by atoms with E-state index in [-0.39, 0.29) is 11.9 Å². The quantitative estimate of drug-likeness (QED) is 0.795. The van der Waals surface area contributed by atoms with Crippen molar-refractivity contribution >= 4 is 27.7 Å². The molecule has 0 spiro atoms. The van der Waals surface area contributed by atoms with Crippen LogP contribution >= 0.6 is 15.9 Å². The van der Waals surface area contributed by atoms with Gasteiger partial charge in [0.2, 0.25) is 0 Å². The van der Waals surface area contributed by atoms with Crippen LogP contribution in [0.3, 0.4) is 0 Å². The van der Waals surface area contributed by atoms with Gasteiger partial charge in [0.15, 0.2) is 0 Å². The van der Waals surface area contributed by atoms with Gasteiger partial charge in [0.25, 0.3) is 0 Å². The Balaban J connectivity index is 2.69. The maximum Gasteiger partial charge on any atom is 0.310 e. The summed E-state index contributed by atoms with van der Waals surface area (Å²) < 4.78 is 5.59. The first-order valence-electron chi connectivity index (χ1n) is 4.95. The standard InChI is InChI=1S/C11H15BrN2O2/c1-8(11(15)16-3)7-14(2)10-9(12)5-4-6-13-10/h4-6,8H,7H2,1-3H3. The molecule has 0 aromatic carbocycles. The Morgan fingerprint density at radius 3 is 2.94 bits per heavy atom. The fourth-order valence-electron chi connectivity index (χ4n) is 1.43. The number of esters is 1. The third-order valence-electron chi connectivity index (χ3n) is 2.25. The predicted molar refractivity (Wildman–Crippen MR) is 66.4 cm³/mol. The number of halogens is 1. The normalized spacial score (nSPS) is 12.0. The van der Waals surface area contributed by atoms with E-state index >= 15 is 0 Å². The molecule has 88 valence electrons. The van der Waals surface area contributed by atoms with Crippen LogP contribution in [0.25, 0.3) is 0 Å². The van der Waals surface area contributed by atoms with Crippen molar-refractivity contribution in [2.75, 3.05) is 25.6 Å². The Bertz CT molecular complexity index is 371. The van der Waals surface area contributed by atoms with Gasteiger partial charge >= 0.3 is 5.97 Å². The molecule has 0 N–H and O–H groups in total. The lowest BCUT2D eigenvalue weighted by atomic mass is 10.2. The summed E-state index contributed by atoms with van der Waals surface area (Å²) >= 11 is 3.42. The van der Waals surface area contributed by atoms with Gasteiger partial charge < -0.3 is 9.64 Å². The number of pyridine rings is 1. The van der Waals surface area contributed by atoms with E-state index in [4.69, 9.17) is 0 Å². The summed E-state index contributed by atoms with van der Waals surface area (Å²) in [7, 11) is 3.29. The smallest absolute Gasteiger partial charge is 0.310 e. The number of nitrogens with zero attached hydrogens (tertiary/aromatic N) is 2. The minimum atomic E-state index is -0.209. The van der Waals surface area contributed by atoms with Crippen molar-refractivity contribution in [1.82, 2.24) is 4.98 Å². The Morgan fingerprint density at radius 1 is 1.69 bits per heavy atom. The number of ether oxygens (including phenoxy) is 1. The van der Waals surface area contributed by atoms with Gasteiger partial charge in [0, 0.05) is 19.8 Å². The second kappa shape index (κ2) is 5.84. The van der Waals surface area contributed by atoms with E-state index in [9.17, 15) is 4.79 Å². The maximum atomic E-state index is 11.3. The summed E-state index contributed by atoms with van der Waals surface area (Å²) in [5.41, 5.74) is 0. The third kappa shape index (κ3) is 3.20. The molecule has 16 heavy (non-hydrogen) atoms. The molecule has 1 atom stereocenters. The van der Waals surface area contributed by atoms with Gasteiger partial charge in [-0.2, -0.15) is 0 Å². The molecule has 0 aliphatic carbocycles. The molecule has 1 aromatic heterocycles. The van der Waals surface area contributed by atoms with E-state index in [2.05, 4.69) is 25.7 Å². The highest BCUT2D eigenvalue weighted by Gasteiger charge is 2.17. The highest BCUT2D eigenvalue weighted by Crippen LogP contribution is 2.22. The van der Waals surface area contributed by atoms with Crippen molar-refractivity contribution < 1.29 is 9.53 Å². The molecule has 0 aliphatic heterocycles. The summed E-state index contributed by atoms with van der Waals surface area (Å²) in [5.74, 6) is 0.432. The number of hydrogen-bond acceptors (Lipinski definition) is 4. The highest BCUT2D eigenvalue weighted by molar-refractivity contribution is 9.10. The molecule has 0 aliphatic rings. The van der Waals surface area contributed by atoms with Gasteiger partial charge in [-0.05, 0) is 28.1 Å². The van der Waals surface area contributed by atoms with Crippen LogP contribution in [0.4, 0.5) is 5.82 Å².